The highest BCUT2D eigenvalue weighted by molar-refractivity contribution is 5.94. The third kappa shape index (κ3) is 3.48. The van der Waals surface area contributed by atoms with Crippen LogP contribution < -0.4 is 10.6 Å². The lowest BCUT2D eigenvalue weighted by Gasteiger charge is -2.33. The molecule has 1 saturated heterocycles. The topological polar surface area (TPSA) is 68.5 Å². The number of esters is 1. The quantitative estimate of drug-likeness (QED) is 0.831. The van der Waals surface area contributed by atoms with Crippen LogP contribution in [0.1, 0.15) is 36.5 Å². The Hall–Kier alpha value is -1.62. The predicted molar refractivity (Wildman–Crippen MR) is 78.8 cm³/mol. The van der Waals surface area contributed by atoms with Gasteiger partial charge in [0.05, 0.1) is 6.61 Å². The smallest absolute Gasteiger partial charge is 0.341 e. The summed E-state index contributed by atoms with van der Waals surface area (Å²) < 4.78 is 5.10. The molecule has 5 heteroatoms. The van der Waals surface area contributed by atoms with Crippen LogP contribution in [0, 0.1) is 5.92 Å². The molecule has 1 aliphatic rings. The monoisotopic (exact) mass is 277 g/mol. The Balaban J connectivity index is 2.08. The maximum Gasteiger partial charge on any atom is 0.341 e. The zero-order chi connectivity index (χ0) is 14.4. The van der Waals surface area contributed by atoms with E-state index in [0.29, 0.717) is 18.1 Å². The molecule has 5 nitrogen and oxygen atoms in total. The van der Waals surface area contributed by atoms with Crippen LogP contribution in [-0.4, -0.2) is 37.2 Å². The van der Waals surface area contributed by atoms with E-state index in [-0.39, 0.29) is 5.97 Å². The van der Waals surface area contributed by atoms with Crippen molar-refractivity contribution < 1.29 is 9.53 Å². The molecule has 110 valence electrons. The molecule has 0 aliphatic carbocycles. The molecule has 0 radical (unpaired) electrons. The van der Waals surface area contributed by atoms with Gasteiger partial charge in [0.1, 0.15) is 11.4 Å². The molecule has 1 aliphatic heterocycles. The Bertz CT molecular complexity index is 442. The second-order valence-corrected chi connectivity index (χ2v) is 5.10. The molecule has 0 unspecified atom stereocenters. The van der Waals surface area contributed by atoms with Crippen LogP contribution in [0.4, 0.5) is 5.82 Å². The molecule has 0 bridgehead atoms. The average Bonchev–Trinajstić information content (AvgIpc) is 2.49. The predicted octanol–water partition coefficient (Wildman–Crippen LogP) is 1.82. The van der Waals surface area contributed by atoms with Gasteiger partial charge in [0.15, 0.2) is 0 Å². The number of piperidine rings is 1. The van der Waals surface area contributed by atoms with E-state index in [1.807, 2.05) is 6.92 Å². The number of nitrogens with two attached hydrogens (primary N) is 1. The van der Waals surface area contributed by atoms with Crippen LogP contribution in [0.5, 0.6) is 0 Å². The van der Waals surface area contributed by atoms with Gasteiger partial charge in [0, 0.05) is 19.3 Å². The highest BCUT2D eigenvalue weighted by atomic mass is 16.5. The summed E-state index contributed by atoms with van der Waals surface area (Å²) in [6.07, 6.45) is 5.02. The van der Waals surface area contributed by atoms with Crippen LogP contribution in [0.2, 0.25) is 0 Å². The van der Waals surface area contributed by atoms with Gasteiger partial charge in [-0.15, -0.1) is 0 Å². The largest absolute Gasteiger partial charge is 0.462 e. The summed E-state index contributed by atoms with van der Waals surface area (Å²) in [6, 6.07) is 3.56. The number of pyridine rings is 1. The maximum absolute atomic E-state index is 12.0. The lowest BCUT2D eigenvalue weighted by atomic mass is 9.93. The molecule has 2 N–H and O–H groups in total. The van der Waals surface area contributed by atoms with Gasteiger partial charge in [-0.25, -0.2) is 9.78 Å². The molecule has 1 fully saturated rings. The van der Waals surface area contributed by atoms with Gasteiger partial charge in [-0.3, -0.25) is 0 Å². The fourth-order valence-corrected chi connectivity index (χ4v) is 2.69. The number of carbonyl (C=O) groups excluding carboxylic acids is 1. The van der Waals surface area contributed by atoms with Gasteiger partial charge in [-0.05, 0) is 50.8 Å². The Kier molecular flexibility index (Phi) is 5.35. The lowest BCUT2D eigenvalue weighted by molar-refractivity contribution is 0.0526. The second-order valence-electron chi connectivity index (χ2n) is 5.10. The van der Waals surface area contributed by atoms with E-state index in [2.05, 4.69) is 9.88 Å². The first kappa shape index (κ1) is 14.8. The summed E-state index contributed by atoms with van der Waals surface area (Å²) in [6.45, 7) is 4.79. The summed E-state index contributed by atoms with van der Waals surface area (Å²) in [4.78, 5) is 18.5. The summed E-state index contributed by atoms with van der Waals surface area (Å²) in [5.41, 5.74) is 6.18. The van der Waals surface area contributed by atoms with E-state index in [0.717, 1.165) is 44.7 Å². The molecule has 2 rings (SSSR count). The standard InChI is InChI=1S/C15H23N3O2/c1-2-20-15(19)13-4-3-9-17-14(13)18-10-6-12(5-8-16)7-11-18/h3-4,9,12H,2,5-8,10-11,16H2,1H3. The number of hydrogen-bond donors (Lipinski definition) is 1. The van der Waals surface area contributed by atoms with Crippen LogP contribution in [0.25, 0.3) is 0 Å². The summed E-state index contributed by atoms with van der Waals surface area (Å²) in [7, 11) is 0. The fraction of sp³-hybridized carbons (Fsp3) is 0.600. The molecule has 1 aromatic rings. The molecular weight excluding hydrogens is 254 g/mol. The van der Waals surface area contributed by atoms with Crippen LogP contribution in [0.15, 0.2) is 18.3 Å². The Morgan fingerprint density at radius 3 is 2.90 bits per heavy atom. The van der Waals surface area contributed by atoms with Crippen molar-refractivity contribution in [3.8, 4) is 0 Å². The maximum atomic E-state index is 12.0. The van der Waals surface area contributed by atoms with Crippen molar-refractivity contribution in [1.29, 1.82) is 0 Å². The molecule has 0 aromatic carbocycles. The zero-order valence-electron chi connectivity index (χ0n) is 12.0. The van der Waals surface area contributed by atoms with E-state index in [9.17, 15) is 4.79 Å². The van der Waals surface area contributed by atoms with Gasteiger partial charge >= 0.3 is 5.97 Å². The van der Waals surface area contributed by atoms with Crippen LogP contribution in [-0.2, 0) is 4.74 Å². The average molecular weight is 277 g/mol. The van der Waals surface area contributed by atoms with Crippen molar-refractivity contribution in [1.82, 2.24) is 4.98 Å². The summed E-state index contributed by atoms with van der Waals surface area (Å²) >= 11 is 0. The van der Waals surface area contributed by atoms with Gasteiger partial charge in [-0.1, -0.05) is 0 Å². The zero-order valence-corrected chi connectivity index (χ0v) is 12.0. The van der Waals surface area contributed by atoms with Gasteiger partial charge in [0.25, 0.3) is 0 Å². The number of nitrogens with zero attached hydrogens (tertiary/aromatic N) is 2. The highest BCUT2D eigenvalue weighted by Gasteiger charge is 2.23. The van der Waals surface area contributed by atoms with E-state index >= 15 is 0 Å². The van der Waals surface area contributed by atoms with E-state index < -0.39 is 0 Å². The van der Waals surface area contributed by atoms with Gasteiger partial charge in [0.2, 0.25) is 0 Å². The minimum Gasteiger partial charge on any atom is -0.462 e. The first-order valence-corrected chi connectivity index (χ1v) is 7.33. The second kappa shape index (κ2) is 7.24. The third-order valence-electron chi connectivity index (χ3n) is 3.77. The van der Waals surface area contributed by atoms with Gasteiger partial charge < -0.3 is 15.4 Å². The van der Waals surface area contributed by atoms with E-state index in [4.69, 9.17) is 10.5 Å². The number of ether oxygens (including phenoxy) is 1. The minimum atomic E-state index is -0.292. The van der Waals surface area contributed by atoms with Crippen molar-refractivity contribution in [3.05, 3.63) is 23.9 Å². The van der Waals surface area contributed by atoms with Crippen molar-refractivity contribution in [2.75, 3.05) is 31.1 Å². The molecule has 0 saturated carbocycles. The summed E-state index contributed by atoms with van der Waals surface area (Å²) in [5, 5.41) is 0. The molecular formula is C15H23N3O2. The number of aromatic nitrogens is 1. The molecule has 1 aromatic heterocycles. The van der Waals surface area contributed by atoms with E-state index in [1.54, 1.807) is 18.3 Å². The minimum absolute atomic E-state index is 0.292. The Labute approximate surface area is 120 Å². The number of hydrogen-bond acceptors (Lipinski definition) is 5. The number of anilines is 1. The molecule has 2 heterocycles. The molecule has 0 atom stereocenters. The van der Waals surface area contributed by atoms with Crippen molar-refractivity contribution in [2.45, 2.75) is 26.2 Å². The normalized spacial score (nSPS) is 16.2. The number of rotatable bonds is 5. The first-order valence-electron chi connectivity index (χ1n) is 7.33. The molecule has 0 spiro atoms. The molecule has 20 heavy (non-hydrogen) atoms. The fourth-order valence-electron chi connectivity index (χ4n) is 2.69. The third-order valence-corrected chi connectivity index (χ3v) is 3.77. The van der Waals surface area contributed by atoms with Crippen molar-refractivity contribution in [2.24, 2.45) is 11.7 Å². The lowest BCUT2D eigenvalue weighted by Crippen LogP contribution is -2.36. The highest BCUT2D eigenvalue weighted by Crippen LogP contribution is 2.26. The SMILES string of the molecule is CCOC(=O)c1cccnc1N1CCC(CCN)CC1. The Morgan fingerprint density at radius 2 is 2.25 bits per heavy atom. The van der Waals surface area contributed by atoms with Crippen molar-refractivity contribution in [3.63, 3.8) is 0 Å². The van der Waals surface area contributed by atoms with Crippen LogP contribution in [0.3, 0.4) is 0 Å². The Morgan fingerprint density at radius 1 is 1.50 bits per heavy atom. The van der Waals surface area contributed by atoms with Gasteiger partial charge in [-0.2, -0.15) is 0 Å². The summed E-state index contributed by atoms with van der Waals surface area (Å²) in [5.74, 6) is 1.16. The number of carbonyl (C=O) groups is 1. The first-order chi connectivity index (χ1) is 9.76. The van der Waals surface area contributed by atoms with Crippen molar-refractivity contribution >= 4 is 11.8 Å². The molecule has 0 amide bonds. The van der Waals surface area contributed by atoms with E-state index in [1.165, 1.54) is 0 Å². The van der Waals surface area contributed by atoms with Crippen LogP contribution >= 0.6 is 0 Å².